The second-order valence-corrected chi connectivity index (χ2v) is 4.91. The lowest BCUT2D eigenvalue weighted by Crippen LogP contribution is -2.42. The molecule has 1 aliphatic rings. The van der Waals surface area contributed by atoms with Crippen molar-refractivity contribution in [2.75, 3.05) is 6.61 Å². The molecule has 4 nitrogen and oxygen atoms in total. The van der Waals surface area contributed by atoms with Crippen molar-refractivity contribution in [1.82, 2.24) is 0 Å². The molecule has 0 aliphatic heterocycles. The summed E-state index contributed by atoms with van der Waals surface area (Å²) in [6.07, 6.45) is 9.06. The van der Waals surface area contributed by atoms with E-state index in [0.29, 0.717) is 12.0 Å². The molecular weight excluding hydrogens is 244 g/mol. The Hall–Kier alpha value is -1.42. The summed E-state index contributed by atoms with van der Waals surface area (Å²) in [6.45, 7) is 3.24. The fraction of sp³-hybridized carbons (Fsp3) is 0.600. The molecule has 0 saturated heterocycles. The van der Waals surface area contributed by atoms with E-state index in [1.807, 2.05) is 0 Å². The molecule has 1 rings (SSSR count). The molecule has 1 atom stereocenters. The maximum atomic E-state index is 12.3. The summed E-state index contributed by atoms with van der Waals surface area (Å²) in [5.74, 6) is -0.574. The van der Waals surface area contributed by atoms with Crippen LogP contribution >= 0.6 is 0 Å². The normalized spacial score (nSPS) is 22.3. The first-order chi connectivity index (χ1) is 9.02. The van der Waals surface area contributed by atoms with Crippen molar-refractivity contribution in [2.24, 2.45) is 0 Å². The molecule has 0 aromatic heterocycles. The Morgan fingerprint density at radius 3 is 2.63 bits per heavy atom. The summed E-state index contributed by atoms with van der Waals surface area (Å²) in [7, 11) is 0. The lowest BCUT2D eigenvalue weighted by molar-refractivity contribution is -0.159. The third-order valence-corrected chi connectivity index (χ3v) is 3.24. The van der Waals surface area contributed by atoms with Crippen LogP contribution in [0.15, 0.2) is 23.8 Å². The molecule has 106 valence electrons. The molecule has 19 heavy (non-hydrogen) atoms. The second-order valence-electron chi connectivity index (χ2n) is 4.91. The zero-order valence-electron chi connectivity index (χ0n) is 11.6. The number of aliphatic hydroxyl groups excluding tert-OH is 1. The smallest absolute Gasteiger partial charge is 0.303 e. The fourth-order valence-corrected chi connectivity index (χ4v) is 2.27. The molecule has 0 bridgehead atoms. The zero-order chi connectivity index (χ0) is 14.3. The third kappa shape index (κ3) is 4.31. The van der Waals surface area contributed by atoms with Crippen LogP contribution in [0.3, 0.4) is 0 Å². The molecule has 0 aromatic rings. The van der Waals surface area contributed by atoms with E-state index in [0.717, 1.165) is 25.7 Å². The van der Waals surface area contributed by atoms with Crippen molar-refractivity contribution in [3.8, 4) is 0 Å². The highest BCUT2D eigenvalue weighted by atomic mass is 16.6. The lowest BCUT2D eigenvalue weighted by Gasteiger charge is -2.30. The Morgan fingerprint density at radius 2 is 2.00 bits per heavy atom. The molecule has 1 unspecified atom stereocenters. The van der Waals surface area contributed by atoms with Gasteiger partial charge in [0, 0.05) is 13.5 Å². The van der Waals surface area contributed by atoms with Gasteiger partial charge in [-0.05, 0) is 37.8 Å². The maximum Gasteiger partial charge on any atom is 0.303 e. The van der Waals surface area contributed by atoms with Crippen LogP contribution in [0, 0.1) is 0 Å². The van der Waals surface area contributed by atoms with Crippen LogP contribution in [0.4, 0.5) is 0 Å². The minimum atomic E-state index is -1.12. The molecule has 0 heterocycles. The van der Waals surface area contributed by atoms with Gasteiger partial charge >= 0.3 is 5.97 Å². The average Bonchev–Trinajstić information content (AvgIpc) is 2.35. The largest absolute Gasteiger partial charge is 0.447 e. The van der Waals surface area contributed by atoms with Gasteiger partial charge in [0.2, 0.25) is 5.78 Å². The Labute approximate surface area is 114 Å². The predicted octanol–water partition coefficient (Wildman–Crippen LogP) is 2.32. The highest BCUT2D eigenvalue weighted by Gasteiger charge is 2.40. The lowest BCUT2D eigenvalue weighted by atomic mass is 9.84. The predicted molar refractivity (Wildman–Crippen MR) is 72.6 cm³/mol. The zero-order valence-corrected chi connectivity index (χ0v) is 11.6. The number of hydrogen-bond donors (Lipinski definition) is 1. The van der Waals surface area contributed by atoms with Crippen LogP contribution in [0.5, 0.6) is 0 Å². The summed E-state index contributed by atoms with van der Waals surface area (Å²) in [6, 6.07) is 0. The summed E-state index contributed by atoms with van der Waals surface area (Å²) in [4.78, 5) is 23.5. The summed E-state index contributed by atoms with van der Waals surface area (Å²) in [5.41, 5.74) is -0.511. The van der Waals surface area contributed by atoms with Crippen LogP contribution in [0.25, 0.3) is 0 Å². The van der Waals surface area contributed by atoms with Gasteiger partial charge in [-0.3, -0.25) is 9.59 Å². The number of unbranched alkanes of at least 4 members (excludes halogenated alkanes) is 3. The molecule has 0 fully saturated rings. The van der Waals surface area contributed by atoms with Crippen LogP contribution in [-0.2, 0) is 14.3 Å². The number of esters is 1. The van der Waals surface area contributed by atoms with Gasteiger partial charge in [0.25, 0.3) is 0 Å². The standard InChI is InChI=1S/C15H22O4/c1-12-8-7-10-15(14(12)18,19-13(2)17)9-5-3-4-6-11-16/h7-8,10,16H,3-6,9,11H2,1-2H3. The molecule has 0 amide bonds. The van der Waals surface area contributed by atoms with Crippen molar-refractivity contribution in [2.45, 2.75) is 51.6 Å². The Morgan fingerprint density at radius 1 is 1.32 bits per heavy atom. The van der Waals surface area contributed by atoms with E-state index in [1.165, 1.54) is 6.92 Å². The molecule has 0 saturated carbocycles. The Kier molecular flexibility index (Phi) is 5.96. The van der Waals surface area contributed by atoms with Crippen LogP contribution in [0.1, 0.15) is 46.0 Å². The van der Waals surface area contributed by atoms with Crippen LogP contribution < -0.4 is 0 Å². The second kappa shape index (κ2) is 7.24. The van der Waals surface area contributed by atoms with E-state index in [1.54, 1.807) is 25.2 Å². The Balaban J connectivity index is 2.67. The van der Waals surface area contributed by atoms with E-state index in [4.69, 9.17) is 9.84 Å². The van der Waals surface area contributed by atoms with Gasteiger partial charge in [0.1, 0.15) is 0 Å². The number of carbonyl (C=O) groups excluding carboxylic acids is 2. The van der Waals surface area contributed by atoms with Crippen molar-refractivity contribution in [3.05, 3.63) is 23.8 Å². The molecule has 1 aliphatic carbocycles. The number of aliphatic hydroxyl groups is 1. The van der Waals surface area contributed by atoms with Crippen LogP contribution in [-0.4, -0.2) is 29.1 Å². The highest BCUT2D eigenvalue weighted by molar-refractivity contribution is 6.05. The third-order valence-electron chi connectivity index (χ3n) is 3.24. The minimum absolute atomic E-state index is 0.132. The maximum absolute atomic E-state index is 12.3. The van der Waals surface area contributed by atoms with Crippen LogP contribution in [0.2, 0.25) is 0 Å². The van der Waals surface area contributed by atoms with Crippen molar-refractivity contribution in [1.29, 1.82) is 0 Å². The van der Waals surface area contributed by atoms with Gasteiger partial charge < -0.3 is 9.84 Å². The molecule has 0 radical (unpaired) electrons. The summed E-state index contributed by atoms with van der Waals surface area (Å²) < 4.78 is 5.30. The van der Waals surface area contributed by atoms with E-state index in [2.05, 4.69) is 0 Å². The van der Waals surface area contributed by atoms with Gasteiger partial charge in [-0.25, -0.2) is 0 Å². The number of Topliss-reactive ketones (excluding diaryl/α,β-unsaturated/α-hetero) is 1. The van der Waals surface area contributed by atoms with E-state index in [-0.39, 0.29) is 12.4 Å². The van der Waals surface area contributed by atoms with Crippen molar-refractivity contribution < 1.29 is 19.4 Å². The SMILES string of the molecule is CC(=O)OC1(CCCCCCO)C=CC=C(C)C1=O. The molecule has 0 spiro atoms. The van der Waals surface area contributed by atoms with E-state index < -0.39 is 11.6 Å². The minimum Gasteiger partial charge on any atom is -0.447 e. The number of ketones is 1. The number of hydrogen-bond acceptors (Lipinski definition) is 4. The van der Waals surface area contributed by atoms with E-state index in [9.17, 15) is 9.59 Å². The Bertz CT molecular complexity index is 395. The molecular formula is C15H22O4. The van der Waals surface area contributed by atoms with Gasteiger partial charge in [0.05, 0.1) is 0 Å². The molecule has 1 N–H and O–H groups in total. The van der Waals surface area contributed by atoms with Gasteiger partial charge in [-0.2, -0.15) is 0 Å². The topological polar surface area (TPSA) is 63.6 Å². The number of allylic oxidation sites excluding steroid dienone is 2. The van der Waals surface area contributed by atoms with Crippen molar-refractivity contribution in [3.63, 3.8) is 0 Å². The molecule has 4 heteroatoms. The van der Waals surface area contributed by atoms with Gasteiger partial charge in [0.15, 0.2) is 5.60 Å². The average molecular weight is 266 g/mol. The molecule has 0 aromatic carbocycles. The first-order valence-corrected chi connectivity index (χ1v) is 6.73. The summed E-state index contributed by atoms with van der Waals surface area (Å²) >= 11 is 0. The number of ether oxygens (including phenoxy) is 1. The van der Waals surface area contributed by atoms with Gasteiger partial charge in [-0.15, -0.1) is 0 Å². The summed E-state index contributed by atoms with van der Waals surface area (Å²) in [5, 5.41) is 8.72. The van der Waals surface area contributed by atoms with Crippen molar-refractivity contribution >= 4 is 11.8 Å². The number of carbonyl (C=O) groups is 2. The highest BCUT2D eigenvalue weighted by Crippen LogP contribution is 2.29. The fourth-order valence-electron chi connectivity index (χ4n) is 2.27. The number of rotatable bonds is 7. The first kappa shape index (κ1) is 15.6. The first-order valence-electron chi connectivity index (χ1n) is 6.73. The van der Waals surface area contributed by atoms with E-state index >= 15 is 0 Å². The van der Waals surface area contributed by atoms with Gasteiger partial charge in [-0.1, -0.05) is 25.0 Å². The monoisotopic (exact) mass is 266 g/mol. The quantitative estimate of drug-likeness (QED) is 0.567.